The molecule has 0 spiro atoms. The van der Waals surface area contributed by atoms with Crippen molar-refractivity contribution >= 4 is 17.7 Å². The van der Waals surface area contributed by atoms with Gasteiger partial charge in [0.2, 0.25) is 0 Å². The second kappa shape index (κ2) is 7.79. The number of hydrogen-bond acceptors (Lipinski definition) is 3. The first-order valence-electron chi connectivity index (χ1n) is 7.69. The molecule has 1 amide bonds. The van der Waals surface area contributed by atoms with Gasteiger partial charge < -0.3 is 5.32 Å². The summed E-state index contributed by atoms with van der Waals surface area (Å²) in [7, 11) is 0. The summed E-state index contributed by atoms with van der Waals surface area (Å²) in [4.78, 5) is 17.1. The van der Waals surface area contributed by atoms with Gasteiger partial charge in [-0.3, -0.25) is 4.79 Å². The zero-order valence-corrected chi connectivity index (χ0v) is 14.2. The van der Waals surface area contributed by atoms with Crippen LogP contribution in [-0.2, 0) is 0 Å². The average molecular weight is 334 g/mol. The summed E-state index contributed by atoms with van der Waals surface area (Å²) >= 11 is 1.47. The van der Waals surface area contributed by atoms with Gasteiger partial charge in [-0.2, -0.15) is 0 Å². The molecule has 4 heteroatoms. The summed E-state index contributed by atoms with van der Waals surface area (Å²) in [5.41, 5.74) is 2.69. The minimum Gasteiger partial charge on any atom is -0.341 e. The molecule has 0 atom stereocenters. The van der Waals surface area contributed by atoms with Crippen molar-refractivity contribution in [3.63, 3.8) is 0 Å². The van der Waals surface area contributed by atoms with Gasteiger partial charge in [0.1, 0.15) is 5.03 Å². The lowest BCUT2D eigenvalue weighted by Crippen LogP contribution is -2.29. The molecule has 0 saturated carbocycles. The average Bonchev–Trinajstić information content (AvgIpc) is 2.67. The molecule has 0 aliphatic carbocycles. The zero-order valence-electron chi connectivity index (χ0n) is 13.3. The first-order chi connectivity index (χ1) is 11.8. The Morgan fingerprint density at radius 1 is 0.917 bits per heavy atom. The zero-order chi connectivity index (χ0) is 16.8. The second-order valence-corrected chi connectivity index (χ2v) is 6.08. The molecule has 3 nitrogen and oxygen atoms in total. The molecule has 0 aliphatic rings. The van der Waals surface area contributed by atoms with Crippen LogP contribution in [0.5, 0.6) is 0 Å². The fraction of sp³-hybridized carbons (Fsp3) is 0.100. The Hall–Kier alpha value is -2.59. The molecule has 1 N–H and O–H groups in total. The summed E-state index contributed by atoms with van der Waals surface area (Å²) in [6.07, 6.45) is 3.62. The molecule has 3 rings (SSSR count). The van der Waals surface area contributed by atoms with Gasteiger partial charge in [0.25, 0.3) is 5.91 Å². The minimum absolute atomic E-state index is 0.120. The highest BCUT2D eigenvalue weighted by molar-refractivity contribution is 7.98. The van der Waals surface area contributed by atoms with Crippen LogP contribution in [0.1, 0.15) is 27.5 Å². The molecule has 0 saturated heterocycles. The van der Waals surface area contributed by atoms with Crippen molar-refractivity contribution in [1.29, 1.82) is 0 Å². The number of benzene rings is 2. The molecule has 0 radical (unpaired) electrons. The van der Waals surface area contributed by atoms with Crippen LogP contribution in [0.2, 0.25) is 0 Å². The van der Waals surface area contributed by atoms with Gasteiger partial charge in [-0.15, -0.1) is 11.8 Å². The minimum atomic E-state index is -0.199. The molecule has 2 aromatic carbocycles. The smallest absolute Gasteiger partial charge is 0.254 e. The Kier molecular flexibility index (Phi) is 5.29. The standard InChI is InChI=1S/C20H18N2OS/c1-24-20-17(13-8-14-21-20)19(23)22-18(15-9-4-2-5-10-15)16-11-6-3-7-12-16/h2-14,18H,1H3,(H,22,23). The number of nitrogens with one attached hydrogen (secondary N) is 1. The maximum absolute atomic E-state index is 12.8. The maximum atomic E-state index is 12.8. The van der Waals surface area contributed by atoms with E-state index in [-0.39, 0.29) is 11.9 Å². The lowest BCUT2D eigenvalue weighted by molar-refractivity contribution is 0.0939. The van der Waals surface area contributed by atoms with Crippen molar-refractivity contribution in [2.45, 2.75) is 11.1 Å². The molecule has 3 aromatic rings. The Bertz CT molecular complexity index is 767. The lowest BCUT2D eigenvalue weighted by atomic mass is 9.98. The number of pyridine rings is 1. The van der Waals surface area contributed by atoms with Crippen molar-refractivity contribution in [2.75, 3.05) is 6.26 Å². The van der Waals surface area contributed by atoms with Crippen LogP contribution in [0, 0.1) is 0 Å². The SMILES string of the molecule is CSc1ncccc1C(=O)NC(c1ccccc1)c1ccccc1. The van der Waals surface area contributed by atoms with E-state index in [1.54, 1.807) is 18.3 Å². The first kappa shape index (κ1) is 16.3. The molecular weight excluding hydrogens is 316 g/mol. The molecule has 0 bridgehead atoms. The highest BCUT2D eigenvalue weighted by Gasteiger charge is 2.19. The summed E-state index contributed by atoms with van der Waals surface area (Å²) in [5, 5.41) is 3.88. The van der Waals surface area contributed by atoms with E-state index in [0.717, 1.165) is 16.2 Å². The Morgan fingerprint density at radius 2 is 1.50 bits per heavy atom. The van der Waals surface area contributed by atoms with Crippen molar-refractivity contribution in [2.24, 2.45) is 0 Å². The number of hydrogen-bond donors (Lipinski definition) is 1. The van der Waals surface area contributed by atoms with Crippen LogP contribution in [0.25, 0.3) is 0 Å². The van der Waals surface area contributed by atoms with Gasteiger partial charge in [0, 0.05) is 6.20 Å². The second-order valence-electron chi connectivity index (χ2n) is 5.29. The van der Waals surface area contributed by atoms with Crippen molar-refractivity contribution in [3.05, 3.63) is 95.7 Å². The number of carbonyl (C=O) groups excluding carboxylic acids is 1. The number of carbonyl (C=O) groups is 1. The van der Waals surface area contributed by atoms with Crippen molar-refractivity contribution < 1.29 is 4.79 Å². The summed E-state index contributed by atoms with van der Waals surface area (Å²) < 4.78 is 0. The maximum Gasteiger partial charge on any atom is 0.254 e. The topological polar surface area (TPSA) is 42.0 Å². The van der Waals surface area contributed by atoms with E-state index < -0.39 is 0 Å². The van der Waals surface area contributed by atoms with Gasteiger partial charge >= 0.3 is 0 Å². The fourth-order valence-corrected chi connectivity index (χ4v) is 3.13. The third-order valence-electron chi connectivity index (χ3n) is 3.75. The van der Waals surface area contributed by atoms with Crippen LogP contribution in [0.4, 0.5) is 0 Å². The van der Waals surface area contributed by atoms with Gasteiger partial charge in [-0.25, -0.2) is 4.98 Å². The van der Waals surface area contributed by atoms with Gasteiger partial charge in [0.15, 0.2) is 0 Å². The van der Waals surface area contributed by atoms with Crippen LogP contribution < -0.4 is 5.32 Å². The summed E-state index contributed by atoms with van der Waals surface area (Å²) in [5.74, 6) is -0.120. The molecule has 1 heterocycles. The highest BCUT2D eigenvalue weighted by Crippen LogP contribution is 2.24. The number of nitrogens with zero attached hydrogens (tertiary/aromatic N) is 1. The van der Waals surface area contributed by atoms with E-state index in [1.165, 1.54) is 11.8 Å². The van der Waals surface area contributed by atoms with Crippen LogP contribution in [0.15, 0.2) is 84.0 Å². The lowest BCUT2D eigenvalue weighted by Gasteiger charge is -2.20. The van der Waals surface area contributed by atoms with E-state index in [0.29, 0.717) is 5.56 Å². The van der Waals surface area contributed by atoms with E-state index in [1.807, 2.05) is 66.9 Å². The van der Waals surface area contributed by atoms with Gasteiger partial charge in [-0.05, 0) is 29.5 Å². The summed E-state index contributed by atoms with van der Waals surface area (Å²) in [6, 6.07) is 23.4. The Balaban J connectivity index is 1.94. The predicted molar refractivity (Wildman–Crippen MR) is 98.2 cm³/mol. The molecule has 0 aliphatic heterocycles. The van der Waals surface area contributed by atoms with Crippen molar-refractivity contribution in [3.8, 4) is 0 Å². The quantitative estimate of drug-likeness (QED) is 0.707. The number of thioether (sulfide) groups is 1. The predicted octanol–water partition coefficient (Wildman–Crippen LogP) is 4.32. The van der Waals surface area contributed by atoms with Crippen LogP contribution >= 0.6 is 11.8 Å². The van der Waals surface area contributed by atoms with Crippen molar-refractivity contribution in [1.82, 2.24) is 10.3 Å². The van der Waals surface area contributed by atoms with E-state index in [2.05, 4.69) is 10.3 Å². The fourth-order valence-electron chi connectivity index (χ4n) is 2.59. The molecular formula is C20H18N2OS. The summed E-state index contributed by atoms with van der Waals surface area (Å²) in [6.45, 7) is 0. The highest BCUT2D eigenvalue weighted by atomic mass is 32.2. The normalized spacial score (nSPS) is 10.6. The molecule has 1 aromatic heterocycles. The third kappa shape index (κ3) is 3.66. The van der Waals surface area contributed by atoms with Crippen LogP contribution in [0.3, 0.4) is 0 Å². The van der Waals surface area contributed by atoms with Gasteiger partial charge in [0.05, 0.1) is 11.6 Å². The van der Waals surface area contributed by atoms with E-state index in [9.17, 15) is 4.79 Å². The third-order valence-corrected chi connectivity index (χ3v) is 4.46. The molecule has 120 valence electrons. The number of amides is 1. The van der Waals surface area contributed by atoms with Gasteiger partial charge in [-0.1, -0.05) is 60.7 Å². The number of rotatable bonds is 5. The Labute approximate surface area is 146 Å². The number of aromatic nitrogens is 1. The van der Waals surface area contributed by atoms with E-state index in [4.69, 9.17) is 0 Å². The van der Waals surface area contributed by atoms with E-state index >= 15 is 0 Å². The molecule has 24 heavy (non-hydrogen) atoms. The Morgan fingerprint density at radius 3 is 2.04 bits per heavy atom. The largest absolute Gasteiger partial charge is 0.341 e. The monoisotopic (exact) mass is 334 g/mol. The van der Waals surface area contributed by atoms with Crippen LogP contribution in [-0.4, -0.2) is 17.1 Å². The molecule has 0 unspecified atom stereocenters. The molecule has 0 fully saturated rings. The first-order valence-corrected chi connectivity index (χ1v) is 8.92.